The van der Waals surface area contributed by atoms with E-state index in [2.05, 4.69) is 23.3 Å². The maximum atomic E-state index is 5.80. The van der Waals surface area contributed by atoms with Gasteiger partial charge in [-0.05, 0) is 48.9 Å². The average molecular weight is 247 g/mol. The summed E-state index contributed by atoms with van der Waals surface area (Å²) in [5.41, 5.74) is 5.10. The van der Waals surface area contributed by atoms with Crippen LogP contribution >= 0.6 is 11.6 Å². The van der Waals surface area contributed by atoms with E-state index in [9.17, 15) is 0 Å². The molecule has 17 heavy (non-hydrogen) atoms. The summed E-state index contributed by atoms with van der Waals surface area (Å²) in [7, 11) is 0. The third-order valence-electron chi connectivity index (χ3n) is 3.40. The van der Waals surface area contributed by atoms with Crippen molar-refractivity contribution in [3.8, 4) is 5.69 Å². The Morgan fingerprint density at radius 3 is 2.88 bits per heavy atom. The first kappa shape index (κ1) is 10.8. The van der Waals surface area contributed by atoms with E-state index in [1.165, 1.54) is 42.5 Å². The summed E-state index contributed by atoms with van der Waals surface area (Å²) >= 11 is 5.80. The van der Waals surface area contributed by atoms with Gasteiger partial charge in [0.25, 0.3) is 0 Å². The Kier molecular flexibility index (Phi) is 2.89. The number of hydrogen-bond acceptors (Lipinski definition) is 1. The average Bonchev–Trinajstić information content (AvgIpc) is 2.87. The molecule has 0 bridgehead atoms. The van der Waals surface area contributed by atoms with Crippen LogP contribution in [0.1, 0.15) is 29.7 Å². The van der Waals surface area contributed by atoms with Crippen LogP contribution in [0.5, 0.6) is 0 Å². The van der Waals surface area contributed by atoms with Gasteiger partial charge in [-0.1, -0.05) is 12.1 Å². The minimum absolute atomic E-state index is 0.474. The molecule has 0 unspecified atom stereocenters. The van der Waals surface area contributed by atoms with Gasteiger partial charge in [-0.3, -0.25) is 0 Å². The van der Waals surface area contributed by atoms with Crippen LogP contribution in [-0.4, -0.2) is 9.78 Å². The largest absolute Gasteiger partial charge is 0.240 e. The van der Waals surface area contributed by atoms with Crippen molar-refractivity contribution in [1.82, 2.24) is 9.78 Å². The first-order chi connectivity index (χ1) is 8.38. The molecular formula is C14H15ClN2. The van der Waals surface area contributed by atoms with Gasteiger partial charge >= 0.3 is 0 Å². The van der Waals surface area contributed by atoms with E-state index in [0.717, 1.165) is 5.69 Å². The fraction of sp³-hybridized carbons (Fsp3) is 0.357. The molecule has 0 aliphatic heterocycles. The Bertz CT molecular complexity index is 531. The molecule has 1 aliphatic carbocycles. The predicted molar refractivity (Wildman–Crippen MR) is 69.8 cm³/mol. The quantitative estimate of drug-likeness (QED) is 0.742. The van der Waals surface area contributed by atoms with Crippen LogP contribution in [0.3, 0.4) is 0 Å². The molecule has 2 aromatic rings. The van der Waals surface area contributed by atoms with Gasteiger partial charge in [0, 0.05) is 6.20 Å². The monoisotopic (exact) mass is 246 g/mol. The first-order valence-electron chi connectivity index (χ1n) is 6.10. The van der Waals surface area contributed by atoms with Crippen molar-refractivity contribution in [1.29, 1.82) is 0 Å². The van der Waals surface area contributed by atoms with E-state index < -0.39 is 0 Å². The molecule has 2 nitrogen and oxygen atoms in total. The highest BCUT2D eigenvalue weighted by molar-refractivity contribution is 6.16. The van der Waals surface area contributed by atoms with E-state index in [-0.39, 0.29) is 0 Å². The normalized spacial score (nSPS) is 14.6. The molecule has 0 atom stereocenters. The Balaban J connectivity index is 2.07. The Hall–Kier alpha value is -1.28. The smallest absolute Gasteiger partial charge is 0.0776 e. The zero-order valence-corrected chi connectivity index (χ0v) is 10.5. The summed E-state index contributed by atoms with van der Waals surface area (Å²) in [4.78, 5) is 0. The number of benzene rings is 1. The summed E-state index contributed by atoms with van der Waals surface area (Å²) in [5.74, 6) is 0.474. The number of aryl methyl sites for hydroxylation is 1. The van der Waals surface area contributed by atoms with Gasteiger partial charge < -0.3 is 0 Å². The van der Waals surface area contributed by atoms with E-state index >= 15 is 0 Å². The first-order valence-corrected chi connectivity index (χ1v) is 6.63. The van der Waals surface area contributed by atoms with Gasteiger partial charge in [0.1, 0.15) is 0 Å². The van der Waals surface area contributed by atoms with Crippen molar-refractivity contribution in [2.24, 2.45) is 0 Å². The second kappa shape index (κ2) is 4.53. The van der Waals surface area contributed by atoms with E-state index in [0.29, 0.717) is 5.88 Å². The molecule has 0 N–H and O–H groups in total. The molecule has 1 aromatic carbocycles. The van der Waals surface area contributed by atoms with Gasteiger partial charge in [0.2, 0.25) is 0 Å². The fourth-order valence-electron chi connectivity index (χ4n) is 2.54. The summed E-state index contributed by atoms with van der Waals surface area (Å²) < 4.78 is 1.96. The van der Waals surface area contributed by atoms with Gasteiger partial charge in [0.05, 0.1) is 17.3 Å². The van der Waals surface area contributed by atoms with Gasteiger partial charge in [-0.2, -0.15) is 5.10 Å². The van der Waals surface area contributed by atoms with E-state index in [4.69, 9.17) is 11.6 Å². The highest BCUT2D eigenvalue weighted by atomic mass is 35.5. The lowest BCUT2D eigenvalue weighted by Crippen LogP contribution is -2.08. The van der Waals surface area contributed by atoms with Gasteiger partial charge in [-0.15, -0.1) is 11.6 Å². The summed E-state index contributed by atoms with van der Waals surface area (Å²) in [6, 6.07) is 8.50. The molecule has 0 saturated carbocycles. The summed E-state index contributed by atoms with van der Waals surface area (Å²) in [5, 5.41) is 4.49. The number of nitrogens with zero attached hydrogens (tertiary/aromatic N) is 2. The molecule has 0 fully saturated rings. The summed E-state index contributed by atoms with van der Waals surface area (Å²) in [6.07, 6.45) is 6.96. The van der Waals surface area contributed by atoms with Gasteiger partial charge in [0.15, 0.2) is 0 Å². The second-order valence-electron chi connectivity index (χ2n) is 4.51. The van der Waals surface area contributed by atoms with Crippen LogP contribution in [0.15, 0.2) is 30.5 Å². The van der Waals surface area contributed by atoms with Crippen molar-refractivity contribution >= 4 is 11.6 Å². The zero-order chi connectivity index (χ0) is 11.7. The molecule has 3 rings (SSSR count). The zero-order valence-electron chi connectivity index (χ0n) is 9.69. The minimum atomic E-state index is 0.474. The lowest BCUT2D eigenvalue weighted by Gasteiger charge is -2.19. The van der Waals surface area contributed by atoms with Crippen LogP contribution in [0, 0.1) is 0 Å². The lowest BCUT2D eigenvalue weighted by atomic mass is 9.90. The van der Waals surface area contributed by atoms with Crippen LogP contribution < -0.4 is 0 Å². The standard InChI is InChI=1S/C14H15ClN2/c15-10-12-8-9-17(16-12)14-7-3-5-11-4-1-2-6-13(11)14/h3,5,7-9H,1-2,4,6,10H2. The van der Waals surface area contributed by atoms with Crippen molar-refractivity contribution in [2.75, 3.05) is 0 Å². The molecular weight excluding hydrogens is 232 g/mol. The Labute approximate surface area is 106 Å². The Morgan fingerprint density at radius 2 is 2.06 bits per heavy atom. The van der Waals surface area contributed by atoms with Crippen molar-refractivity contribution in [2.45, 2.75) is 31.6 Å². The second-order valence-corrected chi connectivity index (χ2v) is 4.77. The van der Waals surface area contributed by atoms with Crippen LogP contribution in [0.4, 0.5) is 0 Å². The van der Waals surface area contributed by atoms with Crippen LogP contribution in [0.2, 0.25) is 0 Å². The highest BCUT2D eigenvalue weighted by Gasteiger charge is 2.14. The van der Waals surface area contributed by atoms with Crippen molar-refractivity contribution < 1.29 is 0 Å². The third kappa shape index (κ3) is 1.98. The number of aromatic nitrogens is 2. The molecule has 0 saturated heterocycles. The van der Waals surface area contributed by atoms with E-state index in [1.807, 2.05) is 16.9 Å². The molecule has 88 valence electrons. The van der Waals surface area contributed by atoms with Crippen LogP contribution in [0.25, 0.3) is 5.69 Å². The maximum absolute atomic E-state index is 5.80. The molecule has 0 amide bonds. The highest BCUT2D eigenvalue weighted by Crippen LogP contribution is 2.26. The van der Waals surface area contributed by atoms with Crippen LogP contribution in [-0.2, 0) is 18.7 Å². The molecule has 3 heteroatoms. The SMILES string of the molecule is ClCc1ccn(-c2cccc3c2CCCC3)n1. The van der Waals surface area contributed by atoms with Crippen molar-refractivity contribution in [3.05, 3.63) is 47.3 Å². The van der Waals surface area contributed by atoms with Gasteiger partial charge in [-0.25, -0.2) is 4.68 Å². The lowest BCUT2D eigenvalue weighted by molar-refractivity contribution is 0.676. The maximum Gasteiger partial charge on any atom is 0.0776 e. The van der Waals surface area contributed by atoms with E-state index in [1.54, 1.807) is 0 Å². The minimum Gasteiger partial charge on any atom is -0.240 e. The van der Waals surface area contributed by atoms with Crippen molar-refractivity contribution in [3.63, 3.8) is 0 Å². The predicted octanol–water partition coefficient (Wildman–Crippen LogP) is 3.49. The molecule has 0 spiro atoms. The molecule has 0 radical (unpaired) electrons. The number of rotatable bonds is 2. The number of alkyl halides is 1. The molecule has 1 aliphatic rings. The topological polar surface area (TPSA) is 17.8 Å². The number of hydrogen-bond donors (Lipinski definition) is 0. The third-order valence-corrected chi connectivity index (χ3v) is 3.67. The Morgan fingerprint density at radius 1 is 1.18 bits per heavy atom. The fourth-order valence-corrected chi connectivity index (χ4v) is 2.69. The molecule has 1 heterocycles. The summed E-state index contributed by atoms with van der Waals surface area (Å²) in [6.45, 7) is 0. The number of halogens is 1. The number of fused-ring (bicyclic) bond motifs is 1. The molecule has 1 aromatic heterocycles.